The Morgan fingerprint density at radius 3 is 2.83 bits per heavy atom. The van der Waals surface area contributed by atoms with Crippen molar-refractivity contribution >= 4 is 11.6 Å². The standard InChI is InChI=1S/C18H27N3O2/c1-2-18(22)21-11-5-6-15(14-21)23-17-8-4-3-7-16(17)20-12-9-19-10-13-20/h3-4,7-8,15,19H,2,5-6,9-14H2,1H3/t15-/m1/s1. The first-order valence-corrected chi connectivity index (χ1v) is 8.77. The van der Waals surface area contributed by atoms with Crippen LogP contribution in [0.3, 0.4) is 0 Å². The van der Waals surface area contributed by atoms with Crippen LogP contribution in [0, 0.1) is 0 Å². The lowest BCUT2D eigenvalue weighted by Gasteiger charge is -2.35. The molecule has 126 valence electrons. The van der Waals surface area contributed by atoms with Crippen LogP contribution in [0.4, 0.5) is 5.69 Å². The minimum Gasteiger partial charge on any atom is -0.486 e. The van der Waals surface area contributed by atoms with Gasteiger partial charge in [-0.1, -0.05) is 19.1 Å². The topological polar surface area (TPSA) is 44.8 Å². The van der Waals surface area contributed by atoms with Gasteiger partial charge in [0.2, 0.25) is 5.91 Å². The van der Waals surface area contributed by atoms with E-state index in [9.17, 15) is 4.79 Å². The van der Waals surface area contributed by atoms with Crippen LogP contribution in [0.15, 0.2) is 24.3 Å². The van der Waals surface area contributed by atoms with Gasteiger partial charge in [0, 0.05) is 39.1 Å². The Labute approximate surface area is 138 Å². The number of ether oxygens (including phenoxy) is 1. The normalized spacial score (nSPS) is 22.0. The molecule has 1 atom stereocenters. The second-order valence-electron chi connectivity index (χ2n) is 6.28. The van der Waals surface area contributed by atoms with E-state index in [2.05, 4.69) is 28.4 Å². The van der Waals surface area contributed by atoms with Gasteiger partial charge >= 0.3 is 0 Å². The minimum absolute atomic E-state index is 0.100. The van der Waals surface area contributed by atoms with Crippen molar-refractivity contribution in [1.29, 1.82) is 0 Å². The zero-order valence-corrected chi connectivity index (χ0v) is 14.0. The second kappa shape index (κ2) is 7.68. The molecule has 2 heterocycles. The number of likely N-dealkylation sites (tertiary alicyclic amines) is 1. The molecule has 2 aliphatic heterocycles. The Morgan fingerprint density at radius 2 is 2.04 bits per heavy atom. The molecule has 0 radical (unpaired) electrons. The Balaban J connectivity index is 1.68. The Morgan fingerprint density at radius 1 is 1.26 bits per heavy atom. The molecule has 0 saturated carbocycles. The molecule has 0 aliphatic carbocycles. The van der Waals surface area contributed by atoms with E-state index in [-0.39, 0.29) is 12.0 Å². The molecular weight excluding hydrogens is 290 g/mol. The number of hydrogen-bond donors (Lipinski definition) is 1. The average Bonchev–Trinajstić information content (AvgIpc) is 2.62. The van der Waals surface area contributed by atoms with Gasteiger partial charge in [-0.15, -0.1) is 0 Å². The molecule has 0 aromatic heterocycles. The average molecular weight is 317 g/mol. The maximum Gasteiger partial charge on any atom is 0.222 e. The minimum atomic E-state index is 0.100. The summed E-state index contributed by atoms with van der Waals surface area (Å²) in [5.41, 5.74) is 1.17. The summed E-state index contributed by atoms with van der Waals surface area (Å²) in [6, 6.07) is 8.28. The highest BCUT2D eigenvalue weighted by Crippen LogP contribution is 2.30. The van der Waals surface area contributed by atoms with Crippen molar-refractivity contribution in [3.8, 4) is 5.75 Å². The van der Waals surface area contributed by atoms with Gasteiger partial charge in [-0.3, -0.25) is 4.79 Å². The third-order valence-corrected chi connectivity index (χ3v) is 4.65. The molecule has 0 spiro atoms. The summed E-state index contributed by atoms with van der Waals surface area (Å²) in [6.45, 7) is 7.53. The lowest BCUT2D eigenvalue weighted by atomic mass is 10.1. The summed E-state index contributed by atoms with van der Waals surface area (Å²) in [7, 11) is 0. The highest BCUT2D eigenvalue weighted by Gasteiger charge is 2.25. The highest BCUT2D eigenvalue weighted by atomic mass is 16.5. The largest absolute Gasteiger partial charge is 0.486 e. The maximum atomic E-state index is 11.9. The predicted molar refractivity (Wildman–Crippen MR) is 92.0 cm³/mol. The van der Waals surface area contributed by atoms with Crippen LogP contribution in [0.2, 0.25) is 0 Å². The van der Waals surface area contributed by atoms with Crippen LogP contribution in [-0.4, -0.2) is 56.2 Å². The van der Waals surface area contributed by atoms with Crippen LogP contribution in [0.5, 0.6) is 5.75 Å². The lowest BCUT2D eigenvalue weighted by molar-refractivity contribution is -0.133. The molecule has 0 bridgehead atoms. The van der Waals surface area contributed by atoms with E-state index in [0.717, 1.165) is 51.3 Å². The summed E-state index contributed by atoms with van der Waals surface area (Å²) in [6.07, 6.45) is 2.71. The monoisotopic (exact) mass is 317 g/mol. The molecule has 1 N–H and O–H groups in total. The van der Waals surface area contributed by atoms with Gasteiger partial charge in [-0.05, 0) is 25.0 Å². The number of benzene rings is 1. The Hall–Kier alpha value is -1.75. The van der Waals surface area contributed by atoms with E-state index in [0.29, 0.717) is 13.0 Å². The van der Waals surface area contributed by atoms with E-state index in [1.54, 1.807) is 0 Å². The molecule has 1 aromatic rings. The number of carbonyl (C=O) groups excluding carboxylic acids is 1. The quantitative estimate of drug-likeness (QED) is 0.921. The van der Waals surface area contributed by atoms with Crippen molar-refractivity contribution in [3.05, 3.63) is 24.3 Å². The lowest BCUT2D eigenvalue weighted by Crippen LogP contribution is -2.45. The van der Waals surface area contributed by atoms with Crippen molar-refractivity contribution in [3.63, 3.8) is 0 Å². The van der Waals surface area contributed by atoms with Crippen molar-refractivity contribution in [1.82, 2.24) is 10.2 Å². The third kappa shape index (κ3) is 3.96. The second-order valence-corrected chi connectivity index (χ2v) is 6.28. The summed E-state index contributed by atoms with van der Waals surface area (Å²) in [5, 5.41) is 3.38. The molecule has 5 nitrogen and oxygen atoms in total. The fraction of sp³-hybridized carbons (Fsp3) is 0.611. The molecule has 1 aromatic carbocycles. The summed E-state index contributed by atoms with van der Waals surface area (Å²) in [4.78, 5) is 16.3. The fourth-order valence-electron chi connectivity index (χ4n) is 3.39. The number of rotatable bonds is 4. The van der Waals surface area contributed by atoms with Crippen molar-refractivity contribution in [2.24, 2.45) is 0 Å². The summed E-state index contributed by atoms with van der Waals surface area (Å²) >= 11 is 0. The molecule has 2 fully saturated rings. The third-order valence-electron chi connectivity index (χ3n) is 4.65. The van der Waals surface area contributed by atoms with E-state index >= 15 is 0 Å². The Kier molecular flexibility index (Phi) is 5.39. The maximum absolute atomic E-state index is 11.9. The van der Waals surface area contributed by atoms with Gasteiger partial charge < -0.3 is 19.9 Å². The van der Waals surface area contributed by atoms with E-state index in [1.165, 1.54) is 5.69 Å². The molecule has 3 rings (SSSR count). The van der Waals surface area contributed by atoms with Gasteiger partial charge in [0.05, 0.1) is 12.2 Å². The zero-order valence-electron chi connectivity index (χ0n) is 14.0. The number of nitrogens with zero attached hydrogens (tertiary/aromatic N) is 2. The molecule has 23 heavy (non-hydrogen) atoms. The number of nitrogens with one attached hydrogen (secondary N) is 1. The van der Waals surface area contributed by atoms with Gasteiger partial charge in [0.1, 0.15) is 11.9 Å². The first-order chi connectivity index (χ1) is 11.3. The highest BCUT2D eigenvalue weighted by molar-refractivity contribution is 5.75. The molecule has 1 amide bonds. The van der Waals surface area contributed by atoms with Crippen molar-refractivity contribution < 1.29 is 9.53 Å². The van der Waals surface area contributed by atoms with Crippen molar-refractivity contribution in [2.45, 2.75) is 32.3 Å². The van der Waals surface area contributed by atoms with E-state index in [1.807, 2.05) is 17.9 Å². The molecule has 2 saturated heterocycles. The van der Waals surface area contributed by atoms with Crippen LogP contribution in [-0.2, 0) is 4.79 Å². The first-order valence-electron chi connectivity index (χ1n) is 8.77. The van der Waals surface area contributed by atoms with E-state index < -0.39 is 0 Å². The summed E-state index contributed by atoms with van der Waals surface area (Å²) in [5.74, 6) is 1.18. The van der Waals surface area contributed by atoms with Gasteiger partial charge in [-0.2, -0.15) is 0 Å². The van der Waals surface area contributed by atoms with Crippen LogP contribution >= 0.6 is 0 Å². The van der Waals surface area contributed by atoms with Gasteiger partial charge in [0.25, 0.3) is 0 Å². The Bertz CT molecular complexity index is 529. The number of anilines is 1. The number of carbonyl (C=O) groups is 1. The van der Waals surface area contributed by atoms with Crippen molar-refractivity contribution in [2.75, 3.05) is 44.2 Å². The number of piperidine rings is 1. The molecule has 5 heteroatoms. The molecular formula is C18H27N3O2. The molecule has 0 unspecified atom stereocenters. The summed E-state index contributed by atoms with van der Waals surface area (Å²) < 4.78 is 6.31. The number of hydrogen-bond acceptors (Lipinski definition) is 4. The predicted octanol–water partition coefficient (Wildman–Crippen LogP) is 1.88. The molecule has 2 aliphatic rings. The SMILES string of the molecule is CCC(=O)N1CCC[C@@H](Oc2ccccc2N2CCNCC2)C1. The number of amides is 1. The number of para-hydroxylation sites is 2. The van der Waals surface area contributed by atoms with Crippen LogP contribution < -0.4 is 15.0 Å². The van der Waals surface area contributed by atoms with Gasteiger partial charge in [-0.25, -0.2) is 0 Å². The van der Waals surface area contributed by atoms with Crippen LogP contribution in [0.25, 0.3) is 0 Å². The van der Waals surface area contributed by atoms with Crippen LogP contribution in [0.1, 0.15) is 26.2 Å². The van der Waals surface area contributed by atoms with Gasteiger partial charge in [0.15, 0.2) is 0 Å². The fourth-order valence-corrected chi connectivity index (χ4v) is 3.39. The number of piperazine rings is 1. The zero-order chi connectivity index (χ0) is 16.1. The van der Waals surface area contributed by atoms with E-state index in [4.69, 9.17) is 4.74 Å². The smallest absolute Gasteiger partial charge is 0.222 e. The first kappa shape index (κ1) is 16.1.